The van der Waals surface area contributed by atoms with Crippen molar-refractivity contribution < 1.29 is 0 Å². The Bertz CT molecular complexity index is 132. The summed E-state index contributed by atoms with van der Waals surface area (Å²) in [5.74, 6) is 0.797. The van der Waals surface area contributed by atoms with Gasteiger partial charge in [0.1, 0.15) is 0 Å². The quantitative estimate of drug-likeness (QED) is 0.599. The summed E-state index contributed by atoms with van der Waals surface area (Å²) in [7, 11) is 2.15. The fourth-order valence-corrected chi connectivity index (χ4v) is 2.49. The number of nitrogens with one attached hydrogen (secondary N) is 1. The zero-order chi connectivity index (χ0) is 11.7. The predicted octanol–water partition coefficient (Wildman–Crippen LogP) is 4.37. The summed E-state index contributed by atoms with van der Waals surface area (Å²) in [6, 6.07) is 0. The molecule has 0 aromatic rings. The van der Waals surface area contributed by atoms with Crippen LogP contribution in [0.3, 0.4) is 0 Å². The molecule has 0 spiro atoms. The van der Waals surface area contributed by atoms with Crippen LogP contribution in [0, 0.1) is 5.92 Å². The molecule has 0 heterocycles. The molecular formula is C14H31N. The Morgan fingerprint density at radius 2 is 1.47 bits per heavy atom. The van der Waals surface area contributed by atoms with Crippen molar-refractivity contribution in [3.8, 4) is 0 Å². The molecule has 0 fully saturated rings. The van der Waals surface area contributed by atoms with E-state index < -0.39 is 0 Å². The molecule has 1 N–H and O–H groups in total. The summed E-state index contributed by atoms with van der Waals surface area (Å²) in [6.45, 7) is 9.25. The zero-order valence-electron chi connectivity index (χ0n) is 11.5. The highest BCUT2D eigenvalue weighted by atomic mass is 14.9. The van der Waals surface area contributed by atoms with Gasteiger partial charge in [-0.2, -0.15) is 0 Å². The van der Waals surface area contributed by atoms with Crippen molar-refractivity contribution >= 4 is 0 Å². The smallest absolute Gasteiger partial charge is 0.0181 e. The van der Waals surface area contributed by atoms with E-state index in [2.05, 4.69) is 40.1 Å². The molecule has 0 amide bonds. The summed E-state index contributed by atoms with van der Waals surface area (Å²) in [6.07, 6.45) is 9.36. The molecule has 1 heteroatoms. The van der Waals surface area contributed by atoms with Crippen molar-refractivity contribution in [2.75, 3.05) is 7.05 Å². The van der Waals surface area contributed by atoms with Crippen molar-refractivity contribution in [1.29, 1.82) is 0 Å². The molecule has 0 radical (unpaired) electrons. The van der Waals surface area contributed by atoms with Crippen LogP contribution in [-0.2, 0) is 0 Å². The van der Waals surface area contributed by atoms with E-state index in [1.54, 1.807) is 0 Å². The van der Waals surface area contributed by atoms with Gasteiger partial charge in [0.15, 0.2) is 0 Å². The summed E-state index contributed by atoms with van der Waals surface area (Å²) < 4.78 is 0. The Morgan fingerprint density at radius 3 is 1.73 bits per heavy atom. The second-order valence-electron chi connectivity index (χ2n) is 5.34. The Kier molecular flexibility index (Phi) is 8.13. The highest BCUT2D eigenvalue weighted by Gasteiger charge is 2.27. The van der Waals surface area contributed by atoms with Gasteiger partial charge in [-0.05, 0) is 32.2 Å². The Morgan fingerprint density at radius 1 is 1.00 bits per heavy atom. The first-order chi connectivity index (χ1) is 7.10. The summed E-state index contributed by atoms with van der Waals surface area (Å²) >= 11 is 0. The number of hydrogen-bond acceptors (Lipinski definition) is 1. The molecule has 0 aliphatic rings. The Balaban J connectivity index is 4.30. The standard InChI is InChI=1S/C14H31N/c1-6-8-10-14(15-5,11-9-7-2)12-13(3)4/h13,15H,6-12H2,1-5H3. The average Bonchev–Trinajstić information content (AvgIpc) is 2.22. The molecule has 0 unspecified atom stereocenters. The molecule has 0 aromatic heterocycles. The van der Waals surface area contributed by atoms with E-state index >= 15 is 0 Å². The van der Waals surface area contributed by atoms with Crippen LogP contribution in [0.25, 0.3) is 0 Å². The minimum Gasteiger partial charge on any atom is -0.314 e. The highest BCUT2D eigenvalue weighted by Crippen LogP contribution is 2.28. The maximum absolute atomic E-state index is 3.62. The Labute approximate surface area is 97.0 Å². The van der Waals surface area contributed by atoms with Crippen LogP contribution in [0.1, 0.15) is 72.6 Å². The largest absolute Gasteiger partial charge is 0.314 e. The number of unbranched alkanes of at least 4 members (excludes halogenated alkanes) is 2. The summed E-state index contributed by atoms with van der Waals surface area (Å²) in [5.41, 5.74) is 0.417. The molecule has 0 saturated heterocycles. The molecule has 0 atom stereocenters. The topological polar surface area (TPSA) is 12.0 Å². The highest BCUT2D eigenvalue weighted by molar-refractivity contribution is 4.87. The minimum atomic E-state index is 0.417. The van der Waals surface area contributed by atoms with Crippen LogP contribution in [0.4, 0.5) is 0 Å². The van der Waals surface area contributed by atoms with Gasteiger partial charge in [-0.3, -0.25) is 0 Å². The lowest BCUT2D eigenvalue weighted by Crippen LogP contribution is -2.44. The molecule has 0 aliphatic carbocycles. The lowest BCUT2D eigenvalue weighted by Gasteiger charge is -2.35. The van der Waals surface area contributed by atoms with Crippen LogP contribution < -0.4 is 5.32 Å². The van der Waals surface area contributed by atoms with Crippen LogP contribution in [-0.4, -0.2) is 12.6 Å². The minimum absolute atomic E-state index is 0.417. The molecule has 0 rings (SSSR count). The van der Waals surface area contributed by atoms with Gasteiger partial charge < -0.3 is 5.32 Å². The molecule has 92 valence electrons. The van der Waals surface area contributed by atoms with Gasteiger partial charge in [0.2, 0.25) is 0 Å². The first kappa shape index (κ1) is 15.0. The van der Waals surface area contributed by atoms with Crippen molar-refractivity contribution in [1.82, 2.24) is 5.32 Å². The summed E-state index contributed by atoms with van der Waals surface area (Å²) in [5, 5.41) is 3.62. The van der Waals surface area contributed by atoms with Gasteiger partial charge in [-0.15, -0.1) is 0 Å². The third-order valence-electron chi connectivity index (χ3n) is 3.35. The van der Waals surface area contributed by atoms with Gasteiger partial charge in [0.05, 0.1) is 0 Å². The van der Waals surface area contributed by atoms with E-state index in [4.69, 9.17) is 0 Å². The zero-order valence-corrected chi connectivity index (χ0v) is 11.5. The molecule has 0 saturated carbocycles. The molecular weight excluding hydrogens is 182 g/mol. The summed E-state index contributed by atoms with van der Waals surface area (Å²) in [4.78, 5) is 0. The van der Waals surface area contributed by atoms with Crippen LogP contribution in [0.2, 0.25) is 0 Å². The normalized spacial score (nSPS) is 12.4. The molecule has 0 bridgehead atoms. The Hall–Kier alpha value is -0.0400. The van der Waals surface area contributed by atoms with Crippen LogP contribution in [0.5, 0.6) is 0 Å². The second kappa shape index (κ2) is 8.15. The SMILES string of the molecule is CCCCC(CCCC)(CC(C)C)NC. The third kappa shape index (κ3) is 6.19. The first-order valence-corrected chi connectivity index (χ1v) is 6.79. The van der Waals surface area contributed by atoms with E-state index in [-0.39, 0.29) is 0 Å². The van der Waals surface area contributed by atoms with Crippen molar-refractivity contribution in [2.24, 2.45) is 5.92 Å². The van der Waals surface area contributed by atoms with Gasteiger partial charge in [0, 0.05) is 5.54 Å². The molecule has 0 aromatic carbocycles. The van der Waals surface area contributed by atoms with Gasteiger partial charge >= 0.3 is 0 Å². The fourth-order valence-electron chi connectivity index (χ4n) is 2.49. The monoisotopic (exact) mass is 213 g/mol. The number of hydrogen-bond donors (Lipinski definition) is 1. The van der Waals surface area contributed by atoms with Crippen LogP contribution in [0.15, 0.2) is 0 Å². The predicted molar refractivity (Wildman–Crippen MR) is 70.3 cm³/mol. The fraction of sp³-hybridized carbons (Fsp3) is 1.00. The van der Waals surface area contributed by atoms with Crippen molar-refractivity contribution in [3.05, 3.63) is 0 Å². The number of rotatable bonds is 9. The van der Waals surface area contributed by atoms with E-state index in [0.29, 0.717) is 5.54 Å². The molecule has 0 aliphatic heterocycles. The second-order valence-corrected chi connectivity index (χ2v) is 5.34. The average molecular weight is 213 g/mol. The van der Waals surface area contributed by atoms with Crippen LogP contribution >= 0.6 is 0 Å². The molecule has 1 nitrogen and oxygen atoms in total. The lowest BCUT2D eigenvalue weighted by atomic mass is 9.80. The van der Waals surface area contributed by atoms with Gasteiger partial charge in [-0.1, -0.05) is 53.4 Å². The lowest BCUT2D eigenvalue weighted by molar-refractivity contribution is 0.236. The first-order valence-electron chi connectivity index (χ1n) is 6.79. The van der Waals surface area contributed by atoms with Crippen molar-refractivity contribution in [2.45, 2.75) is 78.2 Å². The van der Waals surface area contributed by atoms with E-state index in [1.165, 1.54) is 44.9 Å². The van der Waals surface area contributed by atoms with E-state index in [1.807, 2.05) is 0 Å². The van der Waals surface area contributed by atoms with E-state index in [9.17, 15) is 0 Å². The maximum atomic E-state index is 3.62. The molecule has 15 heavy (non-hydrogen) atoms. The van der Waals surface area contributed by atoms with E-state index in [0.717, 1.165) is 5.92 Å². The van der Waals surface area contributed by atoms with Gasteiger partial charge in [-0.25, -0.2) is 0 Å². The van der Waals surface area contributed by atoms with Crippen molar-refractivity contribution in [3.63, 3.8) is 0 Å². The third-order valence-corrected chi connectivity index (χ3v) is 3.35. The maximum Gasteiger partial charge on any atom is 0.0181 e. The van der Waals surface area contributed by atoms with Gasteiger partial charge in [0.25, 0.3) is 0 Å².